The molecule has 3 rings (SSSR count). The highest BCUT2D eigenvalue weighted by Crippen LogP contribution is 2.44. The Morgan fingerprint density at radius 1 is 1.06 bits per heavy atom. The van der Waals surface area contributed by atoms with Crippen molar-refractivity contribution in [2.75, 3.05) is 6.61 Å². The topological polar surface area (TPSA) is 29.5 Å². The summed E-state index contributed by atoms with van der Waals surface area (Å²) >= 11 is 12.5. The van der Waals surface area contributed by atoms with Crippen molar-refractivity contribution >= 4 is 29.1 Å². The molecule has 0 aromatic heterocycles. The molecule has 168 valence electrons. The van der Waals surface area contributed by atoms with Gasteiger partial charge >= 0.3 is 0 Å². The maximum absolute atomic E-state index is 13.3. The average molecular weight is 462 g/mol. The van der Waals surface area contributed by atoms with Gasteiger partial charge in [0.15, 0.2) is 0 Å². The van der Waals surface area contributed by atoms with Gasteiger partial charge in [0.2, 0.25) is 5.91 Å². The molecular weight excluding hydrogens is 429 g/mol. The summed E-state index contributed by atoms with van der Waals surface area (Å²) in [6.45, 7) is 11.3. The van der Waals surface area contributed by atoms with Crippen LogP contribution in [0.25, 0.3) is 0 Å². The molecule has 2 aromatic carbocycles. The van der Waals surface area contributed by atoms with E-state index in [0.717, 1.165) is 24.0 Å². The predicted molar refractivity (Wildman–Crippen MR) is 128 cm³/mol. The zero-order valence-corrected chi connectivity index (χ0v) is 20.6. The van der Waals surface area contributed by atoms with Crippen molar-refractivity contribution in [3.8, 4) is 0 Å². The number of nitrogens with zero attached hydrogens (tertiary/aromatic N) is 1. The molecule has 1 aliphatic heterocycles. The number of amides is 1. The highest BCUT2D eigenvalue weighted by molar-refractivity contribution is 6.30. The van der Waals surface area contributed by atoms with Crippen LogP contribution in [0.15, 0.2) is 48.5 Å². The number of carbonyl (C=O) groups is 1. The number of hydrogen-bond acceptors (Lipinski definition) is 2. The van der Waals surface area contributed by atoms with Crippen LogP contribution in [0.5, 0.6) is 0 Å². The molecule has 31 heavy (non-hydrogen) atoms. The minimum absolute atomic E-state index is 0.0332. The van der Waals surface area contributed by atoms with Gasteiger partial charge in [0.1, 0.15) is 12.7 Å². The standard InChI is InChI=1S/C26H33Cl2NO2/c1-6-22(17(2)15-26(3,4)5)29-23(30)16-31-25(19-8-7-9-21(28)14-19)24(29)18-10-12-20(27)13-11-18/h7-14,17,22,24-25H,6,15-16H2,1-5H3/t17-,22+,24+,25+/m0/s1. The number of ether oxygens (including phenoxy) is 1. The molecule has 3 nitrogen and oxygen atoms in total. The van der Waals surface area contributed by atoms with E-state index < -0.39 is 0 Å². The van der Waals surface area contributed by atoms with Crippen LogP contribution in [0.2, 0.25) is 10.0 Å². The van der Waals surface area contributed by atoms with Crippen LogP contribution in [0, 0.1) is 11.3 Å². The van der Waals surface area contributed by atoms with Gasteiger partial charge in [0.05, 0.1) is 6.04 Å². The molecular formula is C26H33Cl2NO2. The first-order valence-electron chi connectivity index (χ1n) is 11.0. The van der Waals surface area contributed by atoms with Crippen LogP contribution in [-0.2, 0) is 9.53 Å². The Kier molecular flexibility index (Phi) is 7.72. The fourth-order valence-corrected chi connectivity index (χ4v) is 5.28. The predicted octanol–water partition coefficient (Wildman–Crippen LogP) is 7.49. The first-order valence-corrected chi connectivity index (χ1v) is 11.8. The van der Waals surface area contributed by atoms with E-state index in [0.29, 0.717) is 16.0 Å². The second-order valence-electron chi connectivity index (χ2n) is 9.80. The largest absolute Gasteiger partial charge is 0.361 e. The van der Waals surface area contributed by atoms with E-state index in [1.54, 1.807) is 0 Å². The molecule has 1 amide bonds. The maximum atomic E-state index is 13.3. The number of morpholine rings is 1. The SMILES string of the molecule is CC[C@H]([C@@H](C)CC(C)(C)C)N1C(=O)CO[C@H](c2cccc(Cl)c2)[C@H]1c1ccc(Cl)cc1. The average Bonchev–Trinajstić information content (AvgIpc) is 2.69. The summed E-state index contributed by atoms with van der Waals surface area (Å²) in [5.74, 6) is 0.382. The Morgan fingerprint density at radius 2 is 1.74 bits per heavy atom. The first-order chi connectivity index (χ1) is 14.6. The van der Waals surface area contributed by atoms with Crippen LogP contribution in [0.4, 0.5) is 0 Å². The zero-order valence-electron chi connectivity index (χ0n) is 19.1. The monoisotopic (exact) mass is 461 g/mol. The highest BCUT2D eigenvalue weighted by Gasteiger charge is 2.43. The van der Waals surface area contributed by atoms with Gasteiger partial charge in [0.25, 0.3) is 0 Å². The van der Waals surface area contributed by atoms with Crippen LogP contribution in [0.1, 0.15) is 70.7 Å². The van der Waals surface area contributed by atoms with E-state index in [1.807, 2.05) is 48.5 Å². The van der Waals surface area contributed by atoms with Gasteiger partial charge in [-0.1, -0.05) is 82.1 Å². The molecule has 4 atom stereocenters. The maximum Gasteiger partial charge on any atom is 0.249 e. The van der Waals surface area contributed by atoms with E-state index in [4.69, 9.17) is 27.9 Å². The van der Waals surface area contributed by atoms with Crippen molar-refractivity contribution in [1.29, 1.82) is 0 Å². The number of benzene rings is 2. The molecule has 0 spiro atoms. The minimum Gasteiger partial charge on any atom is -0.361 e. The summed E-state index contributed by atoms with van der Waals surface area (Å²) in [4.78, 5) is 15.4. The molecule has 2 aromatic rings. The molecule has 0 aliphatic carbocycles. The van der Waals surface area contributed by atoms with Crippen molar-refractivity contribution in [2.45, 2.75) is 65.6 Å². The van der Waals surface area contributed by atoms with Crippen molar-refractivity contribution in [1.82, 2.24) is 4.90 Å². The van der Waals surface area contributed by atoms with E-state index in [2.05, 4.69) is 39.5 Å². The second kappa shape index (κ2) is 9.94. The van der Waals surface area contributed by atoms with Gasteiger partial charge in [-0.25, -0.2) is 0 Å². The lowest BCUT2D eigenvalue weighted by Gasteiger charge is -2.48. The normalized spacial score (nSPS) is 21.8. The molecule has 5 heteroatoms. The number of hydrogen-bond donors (Lipinski definition) is 0. The third-order valence-electron chi connectivity index (χ3n) is 6.02. The molecule has 1 heterocycles. The molecule has 1 saturated heterocycles. The number of rotatable bonds is 6. The molecule has 1 aliphatic rings. The van der Waals surface area contributed by atoms with E-state index in [-0.39, 0.29) is 36.1 Å². The van der Waals surface area contributed by atoms with Crippen molar-refractivity contribution in [3.05, 3.63) is 69.7 Å². The summed E-state index contributed by atoms with van der Waals surface area (Å²) < 4.78 is 6.15. The summed E-state index contributed by atoms with van der Waals surface area (Å²) in [6.07, 6.45) is 1.62. The van der Waals surface area contributed by atoms with Gasteiger partial charge < -0.3 is 9.64 Å². The van der Waals surface area contributed by atoms with Gasteiger partial charge in [-0.2, -0.15) is 0 Å². The number of halogens is 2. The fraction of sp³-hybridized carbons (Fsp3) is 0.500. The highest BCUT2D eigenvalue weighted by atomic mass is 35.5. The van der Waals surface area contributed by atoms with Crippen LogP contribution in [-0.4, -0.2) is 23.5 Å². The molecule has 0 N–H and O–H groups in total. The third-order valence-corrected chi connectivity index (χ3v) is 6.50. The summed E-state index contributed by atoms with van der Waals surface area (Å²) in [5.41, 5.74) is 2.18. The fourth-order valence-electron chi connectivity index (χ4n) is 4.95. The Balaban J connectivity index is 2.08. The van der Waals surface area contributed by atoms with Crippen molar-refractivity contribution in [2.24, 2.45) is 11.3 Å². The minimum atomic E-state index is -0.298. The quantitative estimate of drug-likeness (QED) is 0.445. The molecule has 0 unspecified atom stereocenters. The Labute approximate surface area is 196 Å². The first kappa shape index (κ1) is 24.1. The van der Waals surface area contributed by atoms with Crippen molar-refractivity contribution in [3.63, 3.8) is 0 Å². The van der Waals surface area contributed by atoms with Gasteiger partial charge in [-0.05, 0) is 59.6 Å². The van der Waals surface area contributed by atoms with E-state index >= 15 is 0 Å². The van der Waals surface area contributed by atoms with Crippen LogP contribution in [0.3, 0.4) is 0 Å². The second-order valence-corrected chi connectivity index (χ2v) is 10.7. The summed E-state index contributed by atoms with van der Waals surface area (Å²) in [6, 6.07) is 15.4. The molecule has 0 radical (unpaired) electrons. The lowest BCUT2D eigenvalue weighted by molar-refractivity contribution is -0.166. The van der Waals surface area contributed by atoms with Crippen LogP contribution < -0.4 is 0 Å². The van der Waals surface area contributed by atoms with Crippen LogP contribution >= 0.6 is 23.2 Å². The smallest absolute Gasteiger partial charge is 0.249 e. The van der Waals surface area contributed by atoms with Gasteiger partial charge in [-0.15, -0.1) is 0 Å². The lowest BCUT2D eigenvalue weighted by Crippen LogP contribution is -2.53. The van der Waals surface area contributed by atoms with E-state index in [1.165, 1.54) is 0 Å². The molecule has 0 saturated carbocycles. The number of carbonyl (C=O) groups excluding carboxylic acids is 1. The lowest BCUT2D eigenvalue weighted by atomic mass is 9.79. The third kappa shape index (κ3) is 5.83. The Bertz CT molecular complexity index is 891. The Morgan fingerprint density at radius 3 is 2.32 bits per heavy atom. The van der Waals surface area contributed by atoms with Gasteiger partial charge in [-0.3, -0.25) is 4.79 Å². The summed E-state index contributed by atoms with van der Waals surface area (Å²) in [7, 11) is 0. The van der Waals surface area contributed by atoms with Gasteiger partial charge in [0, 0.05) is 16.1 Å². The summed E-state index contributed by atoms with van der Waals surface area (Å²) in [5, 5.41) is 1.33. The zero-order chi connectivity index (χ0) is 22.8. The molecule has 0 bridgehead atoms. The Hall–Kier alpha value is -1.55. The van der Waals surface area contributed by atoms with Crippen molar-refractivity contribution < 1.29 is 9.53 Å². The van der Waals surface area contributed by atoms with E-state index in [9.17, 15) is 4.79 Å². The molecule has 1 fully saturated rings.